The van der Waals surface area contributed by atoms with Crippen LogP contribution in [0.4, 0.5) is 0 Å². The van der Waals surface area contributed by atoms with Gasteiger partial charge in [0.15, 0.2) is 0 Å². The molecule has 0 aliphatic heterocycles. The highest BCUT2D eigenvalue weighted by Gasteiger charge is 2.16. The lowest BCUT2D eigenvalue weighted by Gasteiger charge is -2.11. The molecule has 0 bridgehead atoms. The molecule has 1 atom stereocenters. The molecule has 0 aromatic heterocycles. The van der Waals surface area contributed by atoms with E-state index in [-0.39, 0.29) is 11.5 Å². The first-order chi connectivity index (χ1) is 8.99. The Hall–Kier alpha value is -1.43. The summed E-state index contributed by atoms with van der Waals surface area (Å²) in [5.41, 5.74) is 0.989. The number of aryl methyl sites for hydroxylation is 1. The van der Waals surface area contributed by atoms with Crippen LogP contribution in [0.5, 0.6) is 0 Å². The molecule has 0 saturated heterocycles. The zero-order valence-electron chi connectivity index (χ0n) is 11.1. The molecule has 0 unspecified atom stereocenters. The average molecular weight is 282 g/mol. The Kier molecular flexibility index (Phi) is 5.95. The van der Waals surface area contributed by atoms with Crippen LogP contribution in [0.25, 0.3) is 0 Å². The molecule has 0 spiro atoms. The van der Waals surface area contributed by atoms with Crippen molar-refractivity contribution >= 4 is 10.1 Å². The predicted molar refractivity (Wildman–Crippen MR) is 74.5 cm³/mol. The van der Waals surface area contributed by atoms with Crippen molar-refractivity contribution in [3.63, 3.8) is 0 Å². The van der Waals surface area contributed by atoms with Crippen LogP contribution in [-0.4, -0.2) is 28.2 Å². The molecule has 0 heterocycles. The van der Waals surface area contributed by atoms with Crippen LogP contribution in [0, 0.1) is 6.92 Å². The van der Waals surface area contributed by atoms with Crippen molar-refractivity contribution in [1.29, 1.82) is 0 Å². The van der Waals surface area contributed by atoms with Crippen LogP contribution < -0.4 is 0 Å². The molecule has 19 heavy (non-hydrogen) atoms. The summed E-state index contributed by atoms with van der Waals surface area (Å²) in [6.07, 6.45) is 4.51. The summed E-state index contributed by atoms with van der Waals surface area (Å²) in [4.78, 5) is 0.139. The van der Waals surface area contributed by atoms with Gasteiger partial charge in [-0.1, -0.05) is 42.5 Å². The van der Waals surface area contributed by atoms with E-state index >= 15 is 0 Å². The normalized spacial score (nSPS) is 13.6. The van der Waals surface area contributed by atoms with Gasteiger partial charge in [0.25, 0.3) is 10.1 Å². The summed E-state index contributed by atoms with van der Waals surface area (Å²) in [5, 5.41) is 0. The van der Waals surface area contributed by atoms with Gasteiger partial charge in [0, 0.05) is 7.11 Å². The van der Waals surface area contributed by atoms with E-state index in [0.717, 1.165) is 5.56 Å². The van der Waals surface area contributed by atoms with Crippen LogP contribution >= 0.6 is 0 Å². The maximum atomic E-state index is 11.9. The summed E-state index contributed by atoms with van der Waals surface area (Å²) in [5.74, 6) is 0. The van der Waals surface area contributed by atoms with Crippen LogP contribution in [0.15, 0.2) is 54.0 Å². The molecule has 0 fully saturated rings. The van der Waals surface area contributed by atoms with Gasteiger partial charge < -0.3 is 4.74 Å². The molecule has 1 rings (SSSR count). The highest BCUT2D eigenvalue weighted by molar-refractivity contribution is 7.86. The van der Waals surface area contributed by atoms with Crippen LogP contribution in [0.3, 0.4) is 0 Å². The van der Waals surface area contributed by atoms with Crippen LogP contribution in [0.2, 0.25) is 0 Å². The number of hydrogen-bond acceptors (Lipinski definition) is 4. The first-order valence-corrected chi connectivity index (χ1v) is 7.18. The maximum Gasteiger partial charge on any atom is 0.297 e. The van der Waals surface area contributed by atoms with Crippen molar-refractivity contribution in [2.75, 3.05) is 13.7 Å². The fourth-order valence-electron chi connectivity index (χ4n) is 1.33. The average Bonchev–Trinajstić information content (AvgIpc) is 2.39. The van der Waals surface area contributed by atoms with Crippen molar-refractivity contribution in [2.45, 2.75) is 17.9 Å². The Labute approximate surface area is 114 Å². The van der Waals surface area contributed by atoms with Gasteiger partial charge in [0.1, 0.15) is 6.10 Å². The quantitative estimate of drug-likeness (QED) is 0.569. The summed E-state index contributed by atoms with van der Waals surface area (Å²) in [6, 6.07) is 6.49. The van der Waals surface area contributed by atoms with Gasteiger partial charge in [-0.25, -0.2) is 0 Å². The molecule has 0 N–H and O–H groups in total. The van der Waals surface area contributed by atoms with Gasteiger partial charge in [-0.05, 0) is 19.1 Å². The lowest BCUT2D eigenvalue weighted by Crippen LogP contribution is -2.19. The lowest BCUT2D eigenvalue weighted by molar-refractivity contribution is 0.0941. The van der Waals surface area contributed by atoms with Crippen molar-refractivity contribution in [2.24, 2.45) is 0 Å². The Bertz CT molecular complexity index is 529. The smallest absolute Gasteiger partial charge is 0.297 e. The Morgan fingerprint density at radius 2 is 1.95 bits per heavy atom. The number of ether oxygens (including phenoxy) is 1. The zero-order chi connectivity index (χ0) is 14.3. The van der Waals surface area contributed by atoms with E-state index in [1.165, 1.54) is 19.2 Å². The highest BCUT2D eigenvalue weighted by Crippen LogP contribution is 2.13. The van der Waals surface area contributed by atoms with Crippen molar-refractivity contribution in [3.8, 4) is 0 Å². The fourth-order valence-corrected chi connectivity index (χ4v) is 2.25. The first kappa shape index (κ1) is 15.6. The minimum Gasteiger partial charge on any atom is -0.375 e. The van der Waals surface area contributed by atoms with Crippen molar-refractivity contribution in [3.05, 3.63) is 54.6 Å². The molecule has 0 amide bonds. The molecule has 0 aliphatic rings. The molecule has 0 radical (unpaired) electrons. The molecule has 0 saturated carbocycles. The molecule has 4 nitrogen and oxygen atoms in total. The molecular formula is C14H18O4S. The van der Waals surface area contributed by atoms with E-state index in [1.54, 1.807) is 30.4 Å². The number of allylic oxidation sites excluding steroid dienone is 2. The minimum absolute atomic E-state index is 0.0724. The molecule has 1 aromatic carbocycles. The Morgan fingerprint density at radius 3 is 2.47 bits per heavy atom. The van der Waals surface area contributed by atoms with E-state index in [9.17, 15) is 8.42 Å². The third kappa shape index (κ3) is 4.98. The molecular weight excluding hydrogens is 264 g/mol. The maximum absolute atomic E-state index is 11.9. The second-order valence-corrected chi connectivity index (χ2v) is 5.56. The fraction of sp³-hybridized carbons (Fsp3) is 0.286. The summed E-state index contributed by atoms with van der Waals surface area (Å²) < 4.78 is 33.9. The number of methoxy groups -OCH3 is 1. The molecule has 1 aromatic rings. The standard InChI is InChI=1S/C14H18O4S/c1-4-5-6-13(17-3)11-18-19(15,16)14-9-7-12(2)8-10-14/h4-10,13H,1,11H2,2-3H3/b6-5-/t13-/m0/s1. The third-order valence-corrected chi connectivity index (χ3v) is 3.76. The second kappa shape index (κ2) is 7.23. The summed E-state index contributed by atoms with van der Waals surface area (Å²) >= 11 is 0. The van der Waals surface area contributed by atoms with Gasteiger partial charge in [0.05, 0.1) is 11.5 Å². The van der Waals surface area contributed by atoms with Crippen LogP contribution in [-0.2, 0) is 19.0 Å². The minimum atomic E-state index is -3.75. The van der Waals surface area contributed by atoms with Crippen LogP contribution in [0.1, 0.15) is 5.56 Å². The van der Waals surface area contributed by atoms with E-state index in [0.29, 0.717) is 0 Å². The predicted octanol–water partition coefficient (Wildman–Crippen LogP) is 2.46. The molecule has 5 heteroatoms. The van der Waals surface area contributed by atoms with Gasteiger partial charge in [-0.15, -0.1) is 0 Å². The zero-order valence-corrected chi connectivity index (χ0v) is 11.9. The Morgan fingerprint density at radius 1 is 1.32 bits per heavy atom. The van der Waals surface area contributed by atoms with Crippen molar-refractivity contribution < 1.29 is 17.3 Å². The molecule has 0 aliphatic carbocycles. The largest absolute Gasteiger partial charge is 0.375 e. The van der Waals surface area contributed by atoms with Gasteiger partial charge in [-0.2, -0.15) is 8.42 Å². The number of rotatable bonds is 7. The third-order valence-electron chi connectivity index (χ3n) is 2.46. The second-order valence-electron chi connectivity index (χ2n) is 3.95. The molecule has 104 valence electrons. The van der Waals surface area contributed by atoms with Gasteiger partial charge >= 0.3 is 0 Å². The summed E-state index contributed by atoms with van der Waals surface area (Å²) in [6.45, 7) is 5.35. The van der Waals surface area contributed by atoms with Gasteiger partial charge in [0.2, 0.25) is 0 Å². The SMILES string of the molecule is C=C/C=C\[C@@H](COS(=O)(=O)c1ccc(C)cc1)OC. The van der Waals surface area contributed by atoms with Crippen molar-refractivity contribution in [1.82, 2.24) is 0 Å². The topological polar surface area (TPSA) is 52.6 Å². The number of benzene rings is 1. The lowest BCUT2D eigenvalue weighted by atomic mass is 10.2. The highest BCUT2D eigenvalue weighted by atomic mass is 32.2. The van der Waals surface area contributed by atoms with E-state index in [4.69, 9.17) is 8.92 Å². The summed E-state index contributed by atoms with van der Waals surface area (Å²) in [7, 11) is -2.26. The van der Waals surface area contributed by atoms with E-state index in [2.05, 4.69) is 6.58 Å². The van der Waals surface area contributed by atoms with E-state index in [1.807, 2.05) is 6.92 Å². The monoisotopic (exact) mass is 282 g/mol. The number of hydrogen-bond donors (Lipinski definition) is 0. The first-order valence-electron chi connectivity index (χ1n) is 5.77. The van der Waals surface area contributed by atoms with Gasteiger partial charge in [-0.3, -0.25) is 4.18 Å². The van der Waals surface area contributed by atoms with E-state index < -0.39 is 16.2 Å². The Balaban J connectivity index is 2.72.